The number of likely N-dealkylation sites (tertiary alicyclic amines) is 1. The van der Waals surface area contributed by atoms with E-state index in [0.29, 0.717) is 30.6 Å². The summed E-state index contributed by atoms with van der Waals surface area (Å²) >= 11 is 0. The molecule has 1 aromatic rings. The molecule has 3 atom stereocenters. The van der Waals surface area contributed by atoms with Crippen LogP contribution in [-0.4, -0.2) is 43.5 Å². The molecule has 0 aromatic heterocycles. The summed E-state index contributed by atoms with van der Waals surface area (Å²) in [5.74, 6) is 1.69. The third kappa shape index (κ3) is 3.40. The van der Waals surface area contributed by atoms with Gasteiger partial charge in [0.2, 0.25) is 11.8 Å². The second-order valence-corrected chi connectivity index (χ2v) is 7.30. The van der Waals surface area contributed by atoms with Gasteiger partial charge in [0, 0.05) is 37.8 Å². The molecule has 0 unspecified atom stereocenters. The lowest BCUT2D eigenvalue weighted by atomic mass is 9.91. The van der Waals surface area contributed by atoms with Crippen LogP contribution in [0.25, 0.3) is 0 Å². The number of rotatable bonds is 3. The first-order valence-electron chi connectivity index (χ1n) is 8.71. The number of hydrogen-bond acceptors (Lipinski definition) is 3. The van der Waals surface area contributed by atoms with Gasteiger partial charge < -0.3 is 14.5 Å². The molecule has 5 nitrogen and oxygen atoms in total. The van der Waals surface area contributed by atoms with Gasteiger partial charge in [-0.2, -0.15) is 0 Å². The number of amides is 2. The predicted octanol–water partition coefficient (Wildman–Crippen LogP) is 2.55. The number of benzene rings is 1. The van der Waals surface area contributed by atoms with E-state index >= 15 is 0 Å². The number of carbonyl (C=O) groups excluding carboxylic acids is 2. The average molecular weight is 330 g/mol. The minimum absolute atomic E-state index is 0.0136. The maximum Gasteiger partial charge on any atom is 0.228 e. The summed E-state index contributed by atoms with van der Waals surface area (Å²) in [5.41, 5.74) is 0.801. The second-order valence-electron chi connectivity index (χ2n) is 7.30. The Morgan fingerprint density at radius 3 is 2.54 bits per heavy atom. The molecule has 2 fully saturated rings. The van der Waals surface area contributed by atoms with Crippen molar-refractivity contribution < 1.29 is 14.3 Å². The van der Waals surface area contributed by atoms with Crippen LogP contribution < -0.4 is 9.64 Å². The van der Waals surface area contributed by atoms with Gasteiger partial charge >= 0.3 is 0 Å². The molecule has 130 valence electrons. The Hall–Kier alpha value is -2.04. The molecule has 2 heterocycles. The first-order chi connectivity index (χ1) is 11.5. The van der Waals surface area contributed by atoms with Crippen LogP contribution in [0.4, 0.5) is 5.69 Å². The normalized spacial score (nSPS) is 27.5. The highest BCUT2D eigenvalue weighted by atomic mass is 16.5. The molecular formula is C19H26N2O3. The number of anilines is 1. The van der Waals surface area contributed by atoms with Gasteiger partial charge in [-0.25, -0.2) is 0 Å². The topological polar surface area (TPSA) is 49.9 Å². The fourth-order valence-corrected chi connectivity index (χ4v) is 4.00. The van der Waals surface area contributed by atoms with E-state index in [-0.39, 0.29) is 17.7 Å². The molecule has 0 bridgehead atoms. The van der Waals surface area contributed by atoms with E-state index in [0.717, 1.165) is 18.8 Å². The second kappa shape index (κ2) is 6.83. The van der Waals surface area contributed by atoms with Crippen molar-refractivity contribution in [1.29, 1.82) is 0 Å². The summed E-state index contributed by atoms with van der Waals surface area (Å²) < 4.78 is 5.23. The van der Waals surface area contributed by atoms with E-state index in [1.807, 2.05) is 29.2 Å². The molecule has 0 spiro atoms. The smallest absolute Gasteiger partial charge is 0.228 e. The minimum Gasteiger partial charge on any atom is -0.497 e. The predicted molar refractivity (Wildman–Crippen MR) is 93.0 cm³/mol. The highest BCUT2D eigenvalue weighted by Crippen LogP contribution is 2.30. The molecule has 0 aliphatic carbocycles. The Kier molecular flexibility index (Phi) is 4.78. The zero-order valence-electron chi connectivity index (χ0n) is 14.7. The fourth-order valence-electron chi connectivity index (χ4n) is 4.00. The maximum atomic E-state index is 12.9. The van der Waals surface area contributed by atoms with Crippen molar-refractivity contribution in [2.75, 3.05) is 31.6 Å². The molecule has 2 aliphatic rings. The minimum atomic E-state index is -0.235. The molecular weight excluding hydrogens is 304 g/mol. The molecule has 24 heavy (non-hydrogen) atoms. The number of carbonyl (C=O) groups is 2. The van der Waals surface area contributed by atoms with Gasteiger partial charge in [-0.05, 0) is 30.4 Å². The number of ether oxygens (including phenoxy) is 1. The van der Waals surface area contributed by atoms with Crippen LogP contribution in [0.5, 0.6) is 5.75 Å². The lowest BCUT2D eigenvalue weighted by molar-refractivity contribution is -0.138. The summed E-state index contributed by atoms with van der Waals surface area (Å²) in [7, 11) is 1.61. The van der Waals surface area contributed by atoms with E-state index in [1.54, 1.807) is 12.0 Å². The van der Waals surface area contributed by atoms with Crippen molar-refractivity contribution in [2.24, 2.45) is 17.8 Å². The van der Waals surface area contributed by atoms with Crippen LogP contribution >= 0.6 is 0 Å². The Balaban J connectivity index is 1.71. The van der Waals surface area contributed by atoms with E-state index < -0.39 is 0 Å². The highest BCUT2D eigenvalue weighted by molar-refractivity contribution is 6.00. The first kappa shape index (κ1) is 16.8. The quantitative estimate of drug-likeness (QED) is 0.856. The Morgan fingerprint density at radius 2 is 1.88 bits per heavy atom. The fraction of sp³-hybridized carbons (Fsp3) is 0.579. The van der Waals surface area contributed by atoms with Gasteiger partial charge in [0.05, 0.1) is 13.0 Å². The molecule has 0 N–H and O–H groups in total. The van der Waals surface area contributed by atoms with Gasteiger partial charge in [0.1, 0.15) is 5.75 Å². The summed E-state index contributed by atoms with van der Waals surface area (Å²) in [6.45, 7) is 6.47. The Labute approximate surface area is 143 Å². The van der Waals surface area contributed by atoms with E-state index in [2.05, 4.69) is 13.8 Å². The van der Waals surface area contributed by atoms with Gasteiger partial charge in [-0.1, -0.05) is 19.9 Å². The lowest BCUT2D eigenvalue weighted by Crippen LogP contribution is -2.45. The number of methoxy groups -OCH3 is 1. The third-order valence-electron chi connectivity index (χ3n) is 5.02. The summed E-state index contributed by atoms with van der Waals surface area (Å²) in [5, 5.41) is 0. The SMILES string of the molecule is COc1cccc(N2C[C@H](C(=O)N3C[C@@H](C)C[C@H](C)C3)CC2=O)c1. The molecule has 2 saturated heterocycles. The van der Waals surface area contributed by atoms with Crippen LogP contribution in [0.2, 0.25) is 0 Å². The van der Waals surface area contributed by atoms with Gasteiger partial charge in [-0.15, -0.1) is 0 Å². The maximum absolute atomic E-state index is 12.9. The first-order valence-corrected chi connectivity index (χ1v) is 8.71. The van der Waals surface area contributed by atoms with E-state index in [9.17, 15) is 9.59 Å². The molecule has 2 aliphatic heterocycles. The van der Waals surface area contributed by atoms with Crippen molar-refractivity contribution in [1.82, 2.24) is 4.90 Å². The molecule has 5 heteroatoms. The van der Waals surface area contributed by atoms with Gasteiger partial charge in [0.25, 0.3) is 0 Å². The number of piperidine rings is 1. The van der Waals surface area contributed by atoms with Crippen molar-refractivity contribution in [3.05, 3.63) is 24.3 Å². The van der Waals surface area contributed by atoms with Crippen LogP contribution in [0.15, 0.2) is 24.3 Å². The zero-order chi connectivity index (χ0) is 17.3. The molecule has 1 aromatic carbocycles. The third-order valence-corrected chi connectivity index (χ3v) is 5.02. The average Bonchev–Trinajstić information content (AvgIpc) is 2.95. The van der Waals surface area contributed by atoms with Crippen molar-refractivity contribution in [2.45, 2.75) is 26.7 Å². The molecule has 0 radical (unpaired) electrons. The molecule has 3 rings (SSSR count). The van der Waals surface area contributed by atoms with Gasteiger partial charge in [-0.3, -0.25) is 9.59 Å². The largest absolute Gasteiger partial charge is 0.497 e. The van der Waals surface area contributed by atoms with Crippen LogP contribution in [0, 0.1) is 17.8 Å². The number of nitrogens with zero attached hydrogens (tertiary/aromatic N) is 2. The number of hydrogen-bond donors (Lipinski definition) is 0. The van der Waals surface area contributed by atoms with E-state index in [4.69, 9.17) is 4.74 Å². The standard InChI is InChI=1S/C19H26N2O3/c1-13-7-14(2)11-20(10-13)19(23)15-8-18(22)21(12-15)16-5-4-6-17(9-16)24-3/h4-6,9,13-15H,7-8,10-12H2,1-3H3/t13-,14-,15+/m0/s1. The van der Waals surface area contributed by atoms with Gasteiger partial charge in [0.15, 0.2) is 0 Å². The summed E-state index contributed by atoms with van der Waals surface area (Å²) in [6, 6.07) is 7.45. The Bertz CT molecular complexity index is 621. The summed E-state index contributed by atoms with van der Waals surface area (Å²) in [6.07, 6.45) is 1.47. The van der Waals surface area contributed by atoms with E-state index in [1.165, 1.54) is 6.42 Å². The van der Waals surface area contributed by atoms with Crippen LogP contribution in [0.3, 0.4) is 0 Å². The molecule has 2 amide bonds. The zero-order valence-corrected chi connectivity index (χ0v) is 14.7. The van der Waals surface area contributed by atoms with Crippen molar-refractivity contribution in [3.63, 3.8) is 0 Å². The molecule has 0 saturated carbocycles. The van der Waals surface area contributed by atoms with Crippen LogP contribution in [-0.2, 0) is 9.59 Å². The summed E-state index contributed by atoms with van der Waals surface area (Å²) in [4.78, 5) is 28.9. The highest BCUT2D eigenvalue weighted by Gasteiger charge is 2.38. The Morgan fingerprint density at radius 1 is 1.17 bits per heavy atom. The van der Waals surface area contributed by atoms with Crippen molar-refractivity contribution >= 4 is 17.5 Å². The lowest BCUT2D eigenvalue weighted by Gasteiger charge is -2.36. The van der Waals surface area contributed by atoms with Crippen molar-refractivity contribution in [3.8, 4) is 5.75 Å². The van der Waals surface area contributed by atoms with Crippen LogP contribution in [0.1, 0.15) is 26.7 Å². The monoisotopic (exact) mass is 330 g/mol.